The van der Waals surface area contributed by atoms with Crippen LogP contribution < -0.4 is 10.6 Å². The average molecular weight is 252 g/mol. The van der Waals surface area contributed by atoms with Crippen molar-refractivity contribution in [1.29, 1.82) is 0 Å². The number of hydrogen-bond acceptors (Lipinski definition) is 5. The van der Waals surface area contributed by atoms with Crippen LogP contribution in [0.5, 0.6) is 0 Å². The highest BCUT2D eigenvalue weighted by Crippen LogP contribution is 2.31. The molecule has 0 saturated carbocycles. The van der Waals surface area contributed by atoms with Gasteiger partial charge in [0.25, 0.3) is 0 Å². The van der Waals surface area contributed by atoms with E-state index in [1.807, 2.05) is 0 Å². The van der Waals surface area contributed by atoms with Gasteiger partial charge in [-0.25, -0.2) is 0 Å². The van der Waals surface area contributed by atoms with E-state index in [2.05, 4.69) is 49.3 Å². The molecule has 1 aromatic carbocycles. The van der Waals surface area contributed by atoms with E-state index >= 15 is 0 Å². The molecular formula is C13H12N6. The molecule has 1 aliphatic rings. The van der Waals surface area contributed by atoms with Gasteiger partial charge >= 0.3 is 0 Å². The molecule has 0 bridgehead atoms. The fourth-order valence-electron chi connectivity index (χ4n) is 2.56. The molecule has 3 N–H and O–H groups in total. The van der Waals surface area contributed by atoms with Crippen molar-refractivity contribution in [3.8, 4) is 0 Å². The quantitative estimate of drug-likeness (QED) is 0.685. The van der Waals surface area contributed by atoms with Crippen LogP contribution in [-0.2, 0) is 13.1 Å². The summed E-state index contributed by atoms with van der Waals surface area (Å²) in [6.45, 7) is 1.68. The first-order valence-electron chi connectivity index (χ1n) is 6.09. The zero-order valence-electron chi connectivity index (χ0n) is 10.2. The fourth-order valence-corrected chi connectivity index (χ4v) is 2.56. The van der Waals surface area contributed by atoms with Gasteiger partial charge in [0.05, 0.1) is 11.6 Å². The molecule has 94 valence electrons. The van der Waals surface area contributed by atoms with Crippen molar-refractivity contribution in [2.75, 3.05) is 10.6 Å². The van der Waals surface area contributed by atoms with Crippen molar-refractivity contribution in [2.45, 2.75) is 13.1 Å². The van der Waals surface area contributed by atoms with E-state index in [9.17, 15) is 0 Å². The second kappa shape index (κ2) is 3.68. The number of nitrogens with one attached hydrogen (secondary N) is 1. The van der Waals surface area contributed by atoms with E-state index in [1.165, 1.54) is 11.1 Å². The monoisotopic (exact) mass is 252 g/mol. The highest BCUT2D eigenvalue weighted by atomic mass is 15.2. The van der Waals surface area contributed by atoms with Gasteiger partial charge in [-0.3, -0.25) is 5.10 Å². The standard InChI is InChI=1S/C13H12N6/c14-13-16-11-10(5-15-18-11)12(17-13)19-6-8-3-1-2-4-9(8)7-19/h1-5H,6-7H2,(H3,14,15,16,17,18). The average Bonchev–Trinajstić information content (AvgIpc) is 3.03. The van der Waals surface area contributed by atoms with Crippen LogP contribution in [0.3, 0.4) is 0 Å². The minimum absolute atomic E-state index is 0.266. The largest absolute Gasteiger partial charge is 0.368 e. The van der Waals surface area contributed by atoms with Crippen molar-refractivity contribution < 1.29 is 0 Å². The maximum Gasteiger partial charge on any atom is 0.224 e. The Labute approximate surface area is 109 Å². The van der Waals surface area contributed by atoms with Gasteiger partial charge < -0.3 is 10.6 Å². The molecule has 2 aromatic heterocycles. The van der Waals surface area contributed by atoms with Gasteiger partial charge in [-0.2, -0.15) is 15.1 Å². The summed E-state index contributed by atoms with van der Waals surface area (Å²) in [4.78, 5) is 10.7. The van der Waals surface area contributed by atoms with Crippen molar-refractivity contribution in [3.63, 3.8) is 0 Å². The number of nitrogen functional groups attached to an aromatic ring is 1. The van der Waals surface area contributed by atoms with Crippen LogP contribution >= 0.6 is 0 Å². The molecule has 0 amide bonds. The first kappa shape index (κ1) is 10.3. The lowest BCUT2D eigenvalue weighted by Gasteiger charge is -2.17. The van der Waals surface area contributed by atoms with E-state index < -0.39 is 0 Å². The molecule has 1 aliphatic heterocycles. The van der Waals surface area contributed by atoms with Crippen LogP contribution in [0.15, 0.2) is 30.5 Å². The SMILES string of the molecule is Nc1nc(N2Cc3ccccc3C2)c2cn[nH]c2n1. The van der Waals surface area contributed by atoms with Crippen molar-refractivity contribution in [2.24, 2.45) is 0 Å². The lowest BCUT2D eigenvalue weighted by atomic mass is 10.1. The van der Waals surface area contributed by atoms with Crippen molar-refractivity contribution >= 4 is 22.8 Å². The highest BCUT2D eigenvalue weighted by Gasteiger charge is 2.22. The van der Waals surface area contributed by atoms with E-state index in [1.54, 1.807) is 6.20 Å². The topological polar surface area (TPSA) is 83.7 Å². The zero-order valence-corrected chi connectivity index (χ0v) is 10.2. The number of nitrogens with zero attached hydrogens (tertiary/aromatic N) is 4. The predicted octanol–water partition coefficient (Wildman–Crippen LogP) is 1.46. The van der Waals surface area contributed by atoms with Gasteiger partial charge in [-0.05, 0) is 11.1 Å². The Morgan fingerprint density at radius 2 is 1.84 bits per heavy atom. The molecule has 6 nitrogen and oxygen atoms in total. The number of hydrogen-bond donors (Lipinski definition) is 2. The Balaban J connectivity index is 1.83. The predicted molar refractivity (Wildman–Crippen MR) is 72.4 cm³/mol. The summed E-state index contributed by atoms with van der Waals surface area (Å²) >= 11 is 0. The van der Waals surface area contributed by atoms with Crippen LogP contribution in [0.1, 0.15) is 11.1 Å². The third-order valence-electron chi connectivity index (χ3n) is 3.45. The van der Waals surface area contributed by atoms with E-state index in [0.29, 0.717) is 5.65 Å². The van der Waals surface area contributed by atoms with Crippen molar-refractivity contribution in [3.05, 3.63) is 41.6 Å². The molecule has 19 heavy (non-hydrogen) atoms. The molecule has 6 heteroatoms. The Morgan fingerprint density at radius 1 is 1.11 bits per heavy atom. The van der Waals surface area contributed by atoms with Gasteiger partial charge in [0.15, 0.2) is 5.65 Å². The number of aromatic amines is 1. The molecule has 0 radical (unpaired) electrons. The molecule has 0 fully saturated rings. The Morgan fingerprint density at radius 3 is 2.58 bits per heavy atom. The molecule has 3 heterocycles. The van der Waals surface area contributed by atoms with E-state index in [4.69, 9.17) is 5.73 Å². The summed E-state index contributed by atoms with van der Waals surface area (Å²) in [5.74, 6) is 1.11. The first-order chi connectivity index (χ1) is 9.31. The zero-order chi connectivity index (χ0) is 12.8. The highest BCUT2D eigenvalue weighted by molar-refractivity contribution is 5.87. The number of aromatic nitrogens is 4. The fraction of sp³-hybridized carbons (Fsp3) is 0.154. The van der Waals surface area contributed by atoms with Crippen molar-refractivity contribution in [1.82, 2.24) is 20.2 Å². The summed E-state index contributed by atoms with van der Waals surface area (Å²) in [7, 11) is 0. The lowest BCUT2D eigenvalue weighted by molar-refractivity contribution is 0.861. The molecular weight excluding hydrogens is 240 g/mol. The number of nitrogens with two attached hydrogens (primary N) is 1. The van der Waals surface area contributed by atoms with E-state index in [-0.39, 0.29) is 5.95 Å². The van der Waals surface area contributed by atoms with Crippen LogP contribution in [-0.4, -0.2) is 20.2 Å². The number of benzene rings is 1. The van der Waals surface area contributed by atoms with E-state index in [0.717, 1.165) is 24.3 Å². The second-order valence-corrected chi connectivity index (χ2v) is 4.66. The molecule has 4 rings (SSSR count). The first-order valence-corrected chi connectivity index (χ1v) is 6.09. The molecule has 0 spiro atoms. The van der Waals surface area contributed by atoms with Gasteiger partial charge in [-0.15, -0.1) is 0 Å². The third-order valence-corrected chi connectivity index (χ3v) is 3.45. The van der Waals surface area contributed by atoms with Gasteiger partial charge in [0.1, 0.15) is 5.82 Å². The van der Waals surface area contributed by atoms with Crippen LogP contribution in [0, 0.1) is 0 Å². The summed E-state index contributed by atoms with van der Waals surface area (Å²) in [6, 6.07) is 8.41. The summed E-state index contributed by atoms with van der Waals surface area (Å²) in [5.41, 5.74) is 9.10. The maximum atomic E-state index is 5.76. The Hall–Kier alpha value is -2.63. The summed E-state index contributed by atoms with van der Waals surface area (Å²) in [5, 5.41) is 7.76. The number of fused-ring (bicyclic) bond motifs is 2. The third kappa shape index (κ3) is 1.53. The van der Waals surface area contributed by atoms with Crippen LogP contribution in [0.4, 0.5) is 11.8 Å². The summed E-state index contributed by atoms with van der Waals surface area (Å²) in [6.07, 6.45) is 1.74. The second-order valence-electron chi connectivity index (χ2n) is 4.66. The molecule has 0 saturated heterocycles. The Bertz CT molecular complexity index is 738. The Kier molecular flexibility index (Phi) is 2.00. The molecule has 0 unspecified atom stereocenters. The number of anilines is 2. The van der Waals surface area contributed by atoms with Gasteiger partial charge in [0.2, 0.25) is 5.95 Å². The number of H-pyrrole nitrogens is 1. The number of rotatable bonds is 1. The summed E-state index contributed by atoms with van der Waals surface area (Å²) < 4.78 is 0. The van der Waals surface area contributed by atoms with Crippen LogP contribution in [0.25, 0.3) is 11.0 Å². The minimum Gasteiger partial charge on any atom is -0.368 e. The minimum atomic E-state index is 0.266. The normalized spacial score (nSPS) is 14.0. The van der Waals surface area contributed by atoms with Gasteiger partial charge in [0, 0.05) is 13.1 Å². The smallest absolute Gasteiger partial charge is 0.224 e. The lowest BCUT2D eigenvalue weighted by Crippen LogP contribution is -2.17. The maximum absolute atomic E-state index is 5.76. The van der Waals surface area contributed by atoms with Gasteiger partial charge in [-0.1, -0.05) is 24.3 Å². The molecule has 0 aliphatic carbocycles. The molecule has 3 aromatic rings. The van der Waals surface area contributed by atoms with Crippen LogP contribution in [0.2, 0.25) is 0 Å². The molecule has 0 atom stereocenters.